The molecule has 5 rings (SSSR count). The van der Waals surface area contributed by atoms with E-state index in [1.54, 1.807) is 12.1 Å². The second-order valence-electron chi connectivity index (χ2n) is 11.4. The largest absolute Gasteiger partial charge is 0.460 e. The second-order valence-corrected chi connectivity index (χ2v) is 11.8. The highest BCUT2D eigenvalue weighted by Gasteiger charge is 2.20. The van der Waals surface area contributed by atoms with E-state index in [0.717, 1.165) is 56.2 Å². The van der Waals surface area contributed by atoms with E-state index in [1.165, 1.54) is 11.1 Å². The summed E-state index contributed by atoms with van der Waals surface area (Å²) in [6.07, 6.45) is 1.42. The van der Waals surface area contributed by atoms with E-state index in [4.69, 9.17) is 20.8 Å². The van der Waals surface area contributed by atoms with Crippen molar-refractivity contribution in [2.75, 3.05) is 32.8 Å². The Balaban J connectivity index is 1.26. The van der Waals surface area contributed by atoms with E-state index >= 15 is 0 Å². The summed E-state index contributed by atoms with van der Waals surface area (Å²) in [5.41, 5.74) is 5.33. The van der Waals surface area contributed by atoms with Crippen LogP contribution >= 0.6 is 11.6 Å². The molecule has 228 valence electrons. The van der Waals surface area contributed by atoms with Crippen LogP contribution in [0.4, 0.5) is 0 Å². The van der Waals surface area contributed by atoms with Gasteiger partial charge in [0.25, 0.3) is 5.91 Å². The zero-order valence-electron chi connectivity index (χ0n) is 25.3. The molecule has 2 atom stereocenters. The molecular weight excluding hydrogens is 572 g/mol. The zero-order chi connectivity index (χ0) is 30.9. The van der Waals surface area contributed by atoms with Crippen LogP contribution in [0.2, 0.25) is 5.02 Å². The van der Waals surface area contributed by atoms with Gasteiger partial charge in [0.15, 0.2) is 0 Å². The van der Waals surface area contributed by atoms with Crippen molar-refractivity contribution in [3.05, 3.63) is 117 Å². The Morgan fingerprint density at radius 3 is 2.50 bits per heavy atom. The van der Waals surface area contributed by atoms with Crippen molar-refractivity contribution < 1.29 is 13.9 Å². The first-order chi connectivity index (χ1) is 21.4. The second kappa shape index (κ2) is 15.2. The first-order valence-electron chi connectivity index (χ1n) is 15.2. The summed E-state index contributed by atoms with van der Waals surface area (Å²) in [4.78, 5) is 16.0. The maximum absolute atomic E-state index is 13.6. The number of nitrogens with zero attached hydrogens (tertiary/aromatic N) is 2. The Morgan fingerprint density at radius 1 is 1.02 bits per heavy atom. The summed E-state index contributed by atoms with van der Waals surface area (Å²) >= 11 is 6.56. The predicted molar refractivity (Wildman–Crippen MR) is 174 cm³/mol. The number of aryl methyl sites for hydroxylation is 1. The molecule has 0 radical (unpaired) electrons. The molecule has 3 aromatic carbocycles. The maximum Gasteiger partial charge on any atom is 0.253 e. The third kappa shape index (κ3) is 8.58. The normalized spacial score (nSPS) is 15.0. The van der Waals surface area contributed by atoms with Crippen LogP contribution in [0, 0.1) is 18.3 Å². The maximum atomic E-state index is 13.6. The van der Waals surface area contributed by atoms with Crippen molar-refractivity contribution in [3.63, 3.8) is 0 Å². The quantitative estimate of drug-likeness (QED) is 0.186. The molecule has 1 aromatic heterocycles. The van der Waals surface area contributed by atoms with Crippen LogP contribution < -0.4 is 10.6 Å². The fourth-order valence-corrected chi connectivity index (χ4v) is 5.56. The summed E-state index contributed by atoms with van der Waals surface area (Å²) in [5.74, 6) is 1.26. The summed E-state index contributed by atoms with van der Waals surface area (Å²) in [6, 6.07) is 27.5. The molecule has 0 aliphatic carbocycles. The van der Waals surface area contributed by atoms with Gasteiger partial charge < -0.3 is 19.8 Å². The molecule has 4 aromatic rings. The fourth-order valence-electron chi connectivity index (χ4n) is 5.36. The van der Waals surface area contributed by atoms with E-state index in [2.05, 4.69) is 59.7 Å². The van der Waals surface area contributed by atoms with E-state index < -0.39 is 0 Å². The van der Waals surface area contributed by atoms with Crippen molar-refractivity contribution in [2.24, 2.45) is 0 Å². The minimum atomic E-state index is -0.224. The zero-order valence-corrected chi connectivity index (χ0v) is 26.1. The molecule has 1 amide bonds. The predicted octanol–water partition coefficient (Wildman–Crippen LogP) is 6.69. The molecule has 1 aliphatic rings. The fraction of sp³-hybridized carbons (Fsp3) is 0.333. The van der Waals surface area contributed by atoms with Gasteiger partial charge >= 0.3 is 0 Å². The van der Waals surface area contributed by atoms with E-state index in [1.807, 2.05) is 42.5 Å². The SMILES string of the molecule is Cc1ccc([C@@H](C)NCc2ccc(-c3ccc(Cl)c(C(=O)N[C@@H](CCN4CCOCC4)Cc4ccc(C#N)cc4)c3)o2)cc1. The van der Waals surface area contributed by atoms with Crippen LogP contribution in [0.15, 0.2) is 83.3 Å². The number of benzene rings is 3. The van der Waals surface area contributed by atoms with Crippen LogP contribution in [0.5, 0.6) is 0 Å². The highest BCUT2D eigenvalue weighted by molar-refractivity contribution is 6.34. The van der Waals surface area contributed by atoms with Gasteiger partial charge in [0.2, 0.25) is 0 Å². The molecule has 2 N–H and O–H groups in total. The molecule has 2 heterocycles. The average molecular weight is 611 g/mol. The van der Waals surface area contributed by atoms with Crippen LogP contribution in [-0.4, -0.2) is 49.7 Å². The number of furan rings is 1. The lowest BCUT2D eigenvalue weighted by atomic mass is 10.0. The van der Waals surface area contributed by atoms with Crippen molar-refractivity contribution in [3.8, 4) is 17.4 Å². The van der Waals surface area contributed by atoms with Gasteiger partial charge in [-0.2, -0.15) is 5.26 Å². The lowest BCUT2D eigenvalue weighted by molar-refractivity contribution is 0.0360. The van der Waals surface area contributed by atoms with Crippen molar-refractivity contribution in [1.29, 1.82) is 5.26 Å². The van der Waals surface area contributed by atoms with E-state index in [0.29, 0.717) is 34.9 Å². The Labute approximate surface area is 264 Å². The number of rotatable bonds is 12. The average Bonchev–Trinajstić information content (AvgIpc) is 3.53. The van der Waals surface area contributed by atoms with Gasteiger partial charge in [-0.05, 0) is 80.3 Å². The topological polar surface area (TPSA) is 90.5 Å². The number of hydrogen-bond acceptors (Lipinski definition) is 6. The van der Waals surface area contributed by atoms with Crippen LogP contribution in [0.3, 0.4) is 0 Å². The van der Waals surface area contributed by atoms with Gasteiger partial charge in [-0.25, -0.2) is 0 Å². The van der Waals surface area contributed by atoms with Gasteiger partial charge in [0, 0.05) is 37.3 Å². The summed E-state index contributed by atoms with van der Waals surface area (Å²) < 4.78 is 11.6. The minimum Gasteiger partial charge on any atom is -0.460 e. The molecule has 0 spiro atoms. The summed E-state index contributed by atoms with van der Waals surface area (Å²) in [6.45, 7) is 8.87. The van der Waals surface area contributed by atoms with E-state index in [9.17, 15) is 10.1 Å². The standard InChI is InChI=1S/C36H39ClN4O3/c1-25-3-9-29(10-4-25)26(2)39-24-32-12-14-35(44-32)30-11-13-34(37)33(22-30)36(42)40-31(15-16-41-17-19-43-20-18-41)21-27-5-7-28(23-38)8-6-27/h3-14,22,26,31,39H,15-21,24H2,1-2H3,(H,40,42)/t26-,31+/m1/s1. The molecule has 44 heavy (non-hydrogen) atoms. The molecule has 0 unspecified atom stereocenters. The van der Waals surface area contributed by atoms with Crippen molar-refractivity contribution in [1.82, 2.24) is 15.5 Å². The number of amides is 1. The van der Waals surface area contributed by atoms with Crippen LogP contribution in [0.1, 0.15) is 57.8 Å². The molecule has 1 fully saturated rings. The Morgan fingerprint density at radius 2 is 1.77 bits per heavy atom. The smallest absolute Gasteiger partial charge is 0.253 e. The lowest BCUT2D eigenvalue weighted by Crippen LogP contribution is -2.42. The molecule has 0 saturated carbocycles. The number of morpholine rings is 1. The molecule has 8 heteroatoms. The monoisotopic (exact) mass is 610 g/mol. The highest BCUT2D eigenvalue weighted by Crippen LogP contribution is 2.28. The Hall–Kier alpha value is -3.93. The van der Waals surface area contributed by atoms with Gasteiger partial charge in [-0.3, -0.25) is 9.69 Å². The molecule has 1 aliphatic heterocycles. The Kier molecular flexibility index (Phi) is 10.9. The number of carbonyl (C=O) groups is 1. The lowest BCUT2D eigenvalue weighted by Gasteiger charge is -2.29. The first-order valence-corrected chi connectivity index (χ1v) is 15.5. The van der Waals surface area contributed by atoms with Gasteiger partial charge in [-0.1, -0.05) is 53.6 Å². The number of nitrogens with one attached hydrogen (secondary N) is 2. The highest BCUT2D eigenvalue weighted by atomic mass is 35.5. The van der Waals surface area contributed by atoms with Gasteiger partial charge in [0.05, 0.1) is 42.0 Å². The minimum absolute atomic E-state index is 0.116. The first kappa shape index (κ1) is 31.5. The number of carbonyl (C=O) groups excluding carboxylic acids is 1. The number of hydrogen-bond donors (Lipinski definition) is 2. The third-order valence-corrected chi connectivity index (χ3v) is 8.44. The number of halogens is 1. The number of ether oxygens (including phenoxy) is 1. The van der Waals surface area contributed by atoms with Gasteiger partial charge in [0.1, 0.15) is 11.5 Å². The summed E-state index contributed by atoms with van der Waals surface area (Å²) in [5, 5.41) is 16.3. The van der Waals surface area contributed by atoms with E-state index in [-0.39, 0.29) is 18.0 Å². The van der Waals surface area contributed by atoms with Crippen LogP contribution in [-0.2, 0) is 17.7 Å². The molecule has 0 bridgehead atoms. The molecule has 1 saturated heterocycles. The molecule has 7 nitrogen and oxygen atoms in total. The Bertz CT molecular complexity index is 1570. The molecular formula is C36H39ClN4O3. The third-order valence-electron chi connectivity index (χ3n) is 8.11. The van der Waals surface area contributed by atoms with Crippen molar-refractivity contribution in [2.45, 2.75) is 45.3 Å². The number of nitriles is 1. The van der Waals surface area contributed by atoms with Crippen LogP contribution in [0.25, 0.3) is 11.3 Å². The summed E-state index contributed by atoms with van der Waals surface area (Å²) in [7, 11) is 0. The van der Waals surface area contributed by atoms with Crippen molar-refractivity contribution >= 4 is 17.5 Å². The van der Waals surface area contributed by atoms with Gasteiger partial charge in [-0.15, -0.1) is 0 Å².